The third kappa shape index (κ3) is 2.09. The van der Waals surface area contributed by atoms with Gasteiger partial charge >= 0.3 is 0 Å². The lowest BCUT2D eigenvalue weighted by Gasteiger charge is -2.14. The maximum absolute atomic E-state index is 12.1. The molecule has 6 nitrogen and oxygen atoms in total. The number of aryl methyl sites for hydroxylation is 2. The Bertz CT molecular complexity index is 881. The van der Waals surface area contributed by atoms with Gasteiger partial charge in [-0.25, -0.2) is 4.68 Å². The average Bonchev–Trinajstić information content (AvgIpc) is 2.45. The topological polar surface area (TPSA) is 122 Å². The Morgan fingerprint density at radius 1 is 1.14 bits per heavy atom. The van der Waals surface area contributed by atoms with Crippen LogP contribution in [-0.4, -0.2) is 4.68 Å². The highest BCUT2D eigenvalue weighted by Crippen LogP contribution is 2.31. The SMILES string of the molecule is Cc1ccc(-c2c(C#N)c(N)n(N)c(=O)c2C#N)c(C)c1. The first-order chi connectivity index (χ1) is 9.92. The molecule has 0 amide bonds. The molecule has 4 N–H and O–H groups in total. The summed E-state index contributed by atoms with van der Waals surface area (Å²) in [5.74, 6) is 5.36. The molecule has 0 aliphatic rings. The molecule has 0 aliphatic heterocycles. The van der Waals surface area contributed by atoms with Crippen molar-refractivity contribution in [2.45, 2.75) is 13.8 Å². The van der Waals surface area contributed by atoms with E-state index in [1.807, 2.05) is 38.1 Å². The van der Waals surface area contributed by atoms with E-state index in [9.17, 15) is 15.3 Å². The molecule has 0 bridgehead atoms. The number of nitrogen functional groups attached to an aromatic ring is 2. The van der Waals surface area contributed by atoms with Gasteiger partial charge in [0.1, 0.15) is 29.1 Å². The predicted molar refractivity (Wildman–Crippen MR) is 79.6 cm³/mol. The van der Waals surface area contributed by atoms with Crippen LogP contribution in [0.15, 0.2) is 23.0 Å². The summed E-state index contributed by atoms with van der Waals surface area (Å²) >= 11 is 0. The van der Waals surface area contributed by atoms with Crippen LogP contribution in [0.25, 0.3) is 11.1 Å². The van der Waals surface area contributed by atoms with Gasteiger partial charge in [0.2, 0.25) is 0 Å². The van der Waals surface area contributed by atoms with E-state index in [1.54, 1.807) is 6.07 Å². The Balaban J connectivity index is 3.02. The van der Waals surface area contributed by atoms with Crippen molar-refractivity contribution in [3.05, 3.63) is 50.8 Å². The van der Waals surface area contributed by atoms with E-state index < -0.39 is 5.56 Å². The van der Waals surface area contributed by atoms with Crippen LogP contribution in [0.1, 0.15) is 22.3 Å². The minimum Gasteiger partial charge on any atom is -0.382 e. The van der Waals surface area contributed by atoms with Crippen LogP contribution in [-0.2, 0) is 0 Å². The Morgan fingerprint density at radius 2 is 1.76 bits per heavy atom. The highest BCUT2D eigenvalue weighted by atomic mass is 16.1. The van der Waals surface area contributed by atoms with E-state index in [4.69, 9.17) is 11.6 Å². The zero-order valence-electron chi connectivity index (χ0n) is 11.6. The van der Waals surface area contributed by atoms with Gasteiger partial charge in [0.05, 0.1) is 0 Å². The standard InChI is InChI=1S/C15H13N5O/c1-8-3-4-10(9(2)5-8)13-11(6-16)14(18)20(19)15(21)12(13)7-17/h3-5H,18-19H2,1-2H3. The number of aromatic nitrogens is 1. The molecule has 0 spiro atoms. The van der Waals surface area contributed by atoms with Crippen LogP contribution in [0.3, 0.4) is 0 Å². The molecule has 21 heavy (non-hydrogen) atoms. The highest BCUT2D eigenvalue weighted by Gasteiger charge is 2.21. The van der Waals surface area contributed by atoms with E-state index in [0.29, 0.717) is 10.2 Å². The van der Waals surface area contributed by atoms with Crippen LogP contribution < -0.4 is 17.1 Å². The summed E-state index contributed by atoms with van der Waals surface area (Å²) in [5.41, 5.74) is 7.61. The van der Waals surface area contributed by atoms with Crippen molar-refractivity contribution in [1.82, 2.24) is 4.68 Å². The Hall–Kier alpha value is -3.25. The molecule has 0 radical (unpaired) electrons. The third-order valence-electron chi connectivity index (χ3n) is 3.32. The summed E-state index contributed by atoms with van der Waals surface area (Å²) in [6.07, 6.45) is 0. The number of pyridine rings is 1. The minimum atomic E-state index is -0.719. The van der Waals surface area contributed by atoms with E-state index in [1.165, 1.54) is 0 Å². The molecule has 0 fully saturated rings. The summed E-state index contributed by atoms with van der Waals surface area (Å²) < 4.78 is 0.629. The molecule has 0 saturated heterocycles. The van der Waals surface area contributed by atoms with Gasteiger partial charge < -0.3 is 11.6 Å². The quantitative estimate of drug-likeness (QED) is 0.759. The molecule has 6 heteroatoms. The maximum Gasteiger partial charge on any atom is 0.289 e. The molecule has 0 saturated carbocycles. The van der Waals surface area contributed by atoms with Gasteiger partial charge in [0.25, 0.3) is 5.56 Å². The molecule has 2 rings (SSSR count). The van der Waals surface area contributed by atoms with Crippen molar-refractivity contribution in [2.75, 3.05) is 11.6 Å². The molecular formula is C15H13N5O. The van der Waals surface area contributed by atoms with E-state index in [-0.39, 0.29) is 22.5 Å². The summed E-state index contributed by atoms with van der Waals surface area (Å²) in [4.78, 5) is 12.1. The van der Waals surface area contributed by atoms with Gasteiger partial charge in [-0.3, -0.25) is 4.79 Å². The molecule has 0 unspecified atom stereocenters. The molecule has 1 aromatic carbocycles. The fourth-order valence-corrected chi connectivity index (χ4v) is 2.29. The largest absolute Gasteiger partial charge is 0.382 e. The maximum atomic E-state index is 12.1. The molecule has 104 valence electrons. The molecule has 1 aromatic heterocycles. The van der Waals surface area contributed by atoms with Crippen LogP contribution in [0, 0.1) is 36.5 Å². The smallest absolute Gasteiger partial charge is 0.289 e. The van der Waals surface area contributed by atoms with Gasteiger partial charge in [-0.05, 0) is 25.0 Å². The summed E-state index contributed by atoms with van der Waals surface area (Å²) in [6, 6.07) is 9.27. The molecule has 1 heterocycles. The summed E-state index contributed by atoms with van der Waals surface area (Å²) in [7, 11) is 0. The normalized spacial score (nSPS) is 9.90. The first kappa shape index (κ1) is 14.2. The van der Waals surface area contributed by atoms with Gasteiger partial charge in [0.15, 0.2) is 0 Å². The van der Waals surface area contributed by atoms with Crippen LogP contribution >= 0.6 is 0 Å². The summed E-state index contributed by atoms with van der Waals surface area (Å²) in [6.45, 7) is 3.77. The van der Waals surface area contributed by atoms with Gasteiger partial charge in [-0.2, -0.15) is 10.5 Å². The number of benzene rings is 1. The number of rotatable bonds is 1. The van der Waals surface area contributed by atoms with Crippen molar-refractivity contribution >= 4 is 5.82 Å². The second-order valence-electron chi connectivity index (χ2n) is 4.73. The lowest BCUT2D eigenvalue weighted by molar-refractivity contribution is 0.942. The lowest BCUT2D eigenvalue weighted by Crippen LogP contribution is -2.33. The fraction of sp³-hybridized carbons (Fsp3) is 0.133. The second-order valence-corrected chi connectivity index (χ2v) is 4.73. The molecule has 0 atom stereocenters. The van der Waals surface area contributed by atoms with Gasteiger partial charge in [-0.1, -0.05) is 23.8 Å². The first-order valence-electron chi connectivity index (χ1n) is 6.13. The number of anilines is 1. The average molecular weight is 279 g/mol. The lowest BCUT2D eigenvalue weighted by atomic mass is 9.92. The van der Waals surface area contributed by atoms with E-state index in [0.717, 1.165) is 11.1 Å². The third-order valence-corrected chi connectivity index (χ3v) is 3.32. The number of hydrogen-bond donors (Lipinski definition) is 2. The van der Waals surface area contributed by atoms with Crippen molar-refractivity contribution in [1.29, 1.82) is 10.5 Å². The van der Waals surface area contributed by atoms with Crippen LogP contribution in [0.5, 0.6) is 0 Å². The van der Waals surface area contributed by atoms with Gasteiger partial charge in [0, 0.05) is 5.56 Å². The fourth-order valence-electron chi connectivity index (χ4n) is 2.29. The second kappa shape index (κ2) is 5.03. The van der Waals surface area contributed by atoms with Crippen LogP contribution in [0.4, 0.5) is 5.82 Å². The number of nitriles is 2. The van der Waals surface area contributed by atoms with Crippen molar-refractivity contribution in [3.63, 3.8) is 0 Å². The summed E-state index contributed by atoms with van der Waals surface area (Å²) in [5, 5.41) is 18.6. The zero-order chi connectivity index (χ0) is 15.7. The number of nitrogens with zero attached hydrogens (tertiary/aromatic N) is 3. The van der Waals surface area contributed by atoms with Gasteiger partial charge in [-0.15, -0.1) is 0 Å². The first-order valence-corrected chi connectivity index (χ1v) is 6.13. The zero-order valence-corrected chi connectivity index (χ0v) is 11.6. The van der Waals surface area contributed by atoms with E-state index in [2.05, 4.69) is 0 Å². The molecule has 2 aromatic rings. The molecular weight excluding hydrogens is 266 g/mol. The molecule has 0 aliphatic carbocycles. The van der Waals surface area contributed by atoms with Crippen molar-refractivity contribution in [3.8, 4) is 23.3 Å². The predicted octanol–water partition coefficient (Wildman–Crippen LogP) is 1.17. The Labute approximate surface area is 121 Å². The number of hydrogen-bond acceptors (Lipinski definition) is 5. The minimum absolute atomic E-state index is 0.0283. The number of nitrogens with two attached hydrogens (primary N) is 2. The highest BCUT2D eigenvalue weighted by molar-refractivity contribution is 5.82. The van der Waals surface area contributed by atoms with Crippen LogP contribution in [0.2, 0.25) is 0 Å². The Morgan fingerprint density at radius 3 is 2.29 bits per heavy atom. The van der Waals surface area contributed by atoms with E-state index >= 15 is 0 Å². The monoisotopic (exact) mass is 279 g/mol. The Kier molecular flexibility index (Phi) is 3.39. The van der Waals surface area contributed by atoms with Crippen molar-refractivity contribution < 1.29 is 0 Å². The van der Waals surface area contributed by atoms with Crippen molar-refractivity contribution in [2.24, 2.45) is 0 Å².